The van der Waals surface area contributed by atoms with E-state index in [4.69, 9.17) is 30.5 Å². The van der Waals surface area contributed by atoms with Gasteiger partial charge in [0.2, 0.25) is 0 Å². The summed E-state index contributed by atoms with van der Waals surface area (Å²) in [6.07, 6.45) is -1.39. The van der Waals surface area contributed by atoms with Gasteiger partial charge in [-0.1, -0.05) is 17.7 Å². The summed E-state index contributed by atoms with van der Waals surface area (Å²) >= 11 is 5.87. The van der Waals surface area contributed by atoms with Crippen LogP contribution in [0.4, 0.5) is 20.3 Å². The minimum absolute atomic E-state index is 0.00151. The van der Waals surface area contributed by atoms with Gasteiger partial charge in [-0.3, -0.25) is 0 Å². The van der Waals surface area contributed by atoms with Crippen molar-refractivity contribution in [3.05, 3.63) is 47.5 Å². The summed E-state index contributed by atoms with van der Waals surface area (Å²) in [5.41, 5.74) is 0.724. The van der Waals surface area contributed by atoms with Crippen LogP contribution in [-0.2, 0) is 9.47 Å². The third-order valence-electron chi connectivity index (χ3n) is 5.35. The first-order chi connectivity index (χ1) is 15.0. The van der Waals surface area contributed by atoms with E-state index in [1.807, 2.05) is 0 Å². The molecule has 0 amide bonds. The molecule has 5 rings (SSSR count). The molecule has 2 aliphatic rings. The zero-order valence-corrected chi connectivity index (χ0v) is 17.1. The van der Waals surface area contributed by atoms with Gasteiger partial charge in [-0.2, -0.15) is 0 Å². The Hall–Kier alpha value is -2.75. The molecule has 0 saturated carbocycles. The van der Waals surface area contributed by atoms with Crippen molar-refractivity contribution >= 4 is 34.0 Å². The number of nitrogens with zero attached hydrogens (tertiary/aromatic N) is 2. The van der Waals surface area contributed by atoms with Crippen LogP contribution in [-0.4, -0.2) is 54.8 Å². The van der Waals surface area contributed by atoms with E-state index in [1.165, 1.54) is 19.5 Å². The van der Waals surface area contributed by atoms with Crippen LogP contribution in [0.3, 0.4) is 0 Å². The van der Waals surface area contributed by atoms with E-state index in [2.05, 4.69) is 15.3 Å². The molecule has 4 atom stereocenters. The molecule has 3 aromatic rings. The standard InChI is InChI=1S/C21H18ClF2N3O4/c1-28-15-5-10-14(6-16(15)31-17-8-30-19-12(23)7-29-20(17)19)25-9-26-21(10)27-13-4-2-3-11(22)18(13)24/h2-6,9,12,17,19-20H,7-8H2,1H3,(H,25,26,27)/t12-,17?,19+,20+/m1/s1. The molecule has 0 spiro atoms. The zero-order valence-electron chi connectivity index (χ0n) is 16.3. The molecule has 0 aliphatic carbocycles. The third kappa shape index (κ3) is 3.62. The lowest BCUT2D eigenvalue weighted by Crippen LogP contribution is -2.33. The Labute approximate surface area is 181 Å². The summed E-state index contributed by atoms with van der Waals surface area (Å²) in [6, 6.07) is 8.03. The highest BCUT2D eigenvalue weighted by Gasteiger charge is 2.49. The molecule has 1 N–H and O–H groups in total. The largest absolute Gasteiger partial charge is 0.493 e. The Morgan fingerprint density at radius 3 is 2.81 bits per heavy atom. The van der Waals surface area contributed by atoms with Gasteiger partial charge in [0.1, 0.15) is 24.4 Å². The second-order valence-electron chi connectivity index (χ2n) is 7.24. The number of halogens is 3. The van der Waals surface area contributed by atoms with E-state index in [1.54, 1.807) is 24.3 Å². The van der Waals surface area contributed by atoms with Gasteiger partial charge in [-0.25, -0.2) is 18.7 Å². The molecule has 1 unspecified atom stereocenters. The molecule has 10 heteroatoms. The van der Waals surface area contributed by atoms with Crippen LogP contribution in [0.15, 0.2) is 36.7 Å². The van der Waals surface area contributed by atoms with Crippen molar-refractivity contribution < 1.29 is 27.7 Å². The number of hydrogen-bond acceptors (Lipinski definition) is 7. The monoisotopic (exact) mass is 449 g/mol. The predicted molar refractivity (Wildman–Crippen MR) is 110 cm³/mol. The molecular formula is C21H18ClF2N3O4. The average molecular weight is 450 g/mol. The van der Waals surface area contributed by atoms with Crippen molar-refractivity contribution in [1.29, 1.82) is 0 Å². The Morgan fingerprint density at radius 2 is 1.97 bits per heavy atom. The van der Waals surface area contributed by atoms with E-state index in [-0.39, 0.29) is 23.9 Å². The Bertz CT molecular complexity index is 1140. The Morgan fingerprint density at radius 1 is 1.13 bits per heavy atom. The number of nitrogens with one attached hydrogen (secondary N) is 1. The minimum Gasteiger partial charge on any atom is -0.493 e. The molecule has 31 heavy (non-hydrogen) atoms. The molecule has 2 aromatic carbocycles. The smallest absolute Gasteiger partial charge is 0.165 e. The molecule has 2 saturated heterocycles. The zero-order chi connectivity index (χ0) is 21.5. The number of aromatic nitrogens is 2. The first-order valence-electron chi connectivity index (χ1n) is 9.63. The second-order valence-corrected chi connectivity index (χ2v) is 7.64. The summed E-state index contributed by atoms with van der Waals surface area (Å²) in [6.45, 7) is 0.202. The predicted octanol–water partition coefficient (Wildman–Crippen LogP) is 4.06. The molecule has 2 fully saturated rings. The number of alkyl halides is 1. The van der Waals surface area contributed by atoms with Crippen molar-refractivity contribution in [2.24, 2.45) is 0 Å². The molecule has 2 aliphatic heterocycles. The summed E-state index contributed by atoms with van der Waals surface area (Å²) in [5.74, 6) is 0.616. The SMILES string of the molecule is COc1cc2c(Nc3cccc(Cl)c3F)ncnc2cc1OC1CO[C@H]2[C@H](F)CO[C@@H]12. The molecule has 7 nitrogen and oxygen atoms in total. The normalized spacial score (nSPS) is 24.9. The molecule has 0 bridgehead atoms. The maximum atomic E-state index is 14.3. The number of benzene rings is 2. The van der Waals surface area contributed by atoms with Crippen LogP contribution in [0, 0.1) is 5.82 Å². The van der Waals surface area contributed by atoms with Gasteiger partial charge in [-0.15, -0.1) is 0 Å². The van der Waals surface area contributed by atoms with Gasteiger partial charge >= 0.3 is 0 Å². The quantitative estimate of drug-likeness (QED) is 0.629. The number of fused-ring (bicyclic) bond motifs is 2. The lowest BCUT2D eigenvalue weighted by Gasteiger charge is -2.20. The van der Waals surface area contributed by atoms with Crippen molar-refractivity contribution in [3.8, 4) is 11.5 Å². The van der Waals surface area contributed by atoms with Crippen LogP contribution < -0.4 is 14.8 Å². The van der Waals surface area contributed by atoms with Crippen LogP contribution >= 0.6 is 11.6 Å². The van der Waals surface area contributed by atoms with E-state index in [0.717, 1.165) is 0 Å². The number of rotatable bonds is 5. The second kappa shape index (κ2) is 8.07. The van der Waals surface area contributed by atoms with Gasteiger partial charge in [0.05, 0.1) is 36.6 Å². The van der Waals surface area contributed by atoms with Gasteiger partial charge in [0.15, 0.2) is 29.6 Å². The van der Waals surface area contributed by atoms with Crippen LogP contribution in [0.25, 0.3) is 10.9 Å². The number of hydrogen-bond donors (Lipinski definition) is 1. The van der Waals surface area contributed by atoms with Crippen molar-refractivity contribution in [2.45, 2.75) is 24.5 Å². The van der Waals surface area contributed by atoms with Gasteiger partial charge in [0, 0.05) is 11.5 Å². The van der Waals surface area contributed by atoms with Gasteiger partial charge in [-0.05, 0) is 18.2 Å². The maximum absolute atomic E-state index is 14.3. The van der Waals surface area contributed by atoms with E-state index < -0.39 is 30.3 Å². The van der Waals surface area contributed by atoms with Crippen LogP contribution in [0.2, 0.25) is 5.02 Å². The molecule has 0 radical (unpaired) electrons. The number of methoxy groups -OCH3 is 1. The Balaban J connectivity index is 1.47. The van der Waals surface area contributed by atoms with Crippen molar-refractivity contribution in [3.63, 3.8) is 0 Å². The fourth-order valence-corrected chi connectivity index (χ4v) is 4.00. The fraction of sp³-hybridized carbons (Fsp3) is 0.333. The maximum Gasteiger partial charge on any atom is 0.165 e. The molecular weight excluding hydrogens is 432 g/mol. The van der Waals surface area contributed by atoms with Crippen molar-refractivity contribution in [1.82, 2.24) is 9.97 Å². The van der Waals surface area contributed by atoms with Gasteiger partial charge in [0.25, 0.3) is 0 Å². The summed E-state index contributed by atoms with van der Waals surface area (Å²) in [7, 11) is 1.50. The van der Waals surface area contributed by atoms with E-state index >= 15 is 0 Å². The highest BCUT2D eigenvalue weighted by molar-refractivity contribution is 6.31. The summed E-state index contributed by atoms with van der Waals surface area (Å²) in [4.78, 5) is 8.51. The first kappa shape index (κ1) is 20.2. The number of anilines is 2. The lowest BCUT2D eigenvalue weighted by molar-refractivity contribution is 0.0271. The minimum atomic E-state index is -1.16. The van der Waals surface area contributed by atoms with Crippen molar-refractivity contribution in [2.75, 3.05) is 25.6 Å². The number of ether oxygens (including phenoxy) is 4. The summed E-state index contributed by atoms with van der Waals surface area (Å²) in [5, 5.41) is 3.54. The first-order valence-corrected chi connectivity index (χ1v) is 10.0. The molecule has 162 valence electrons. The highest BCUT2D eigenvalue weighted by Crippen LogP contribution is 2.38. The molecule has 3 heterocycles. The lowest BCUT2D eigenvalue weighted by atomic mass is 10.1. The molecule has 1 aromatic heterocycles. The van der Waals surface area contributed by atoms with E-state index in [0.29, 0.717) is 28.2 Å². The van der Waals surface area contributed by atoms with Gasteiger partial charge < -0.3 is 24.3 Å². The van der Waals surface area contributed by atoms with Crippen LogP contribution in [0.1, 0.15) is 0 Å². The average Bonchev–Trinajstić information content (AvgIpc) is 3.34. The van der Waals surface area contributed by atoms with Crippen LogP contribution in [0.5, 0.6) is 11.5 Å². The summed E-state index contributed by atoms with van der Waals surface area (Å²) < 4.78 is 50.7. The van der Waals surface area contributed by atoms with E-state index in [9.17, 15) is 8.78 Å². The topological polar surface area (TPSA) is 74.7 Å². The third-order valence-corrected chi connectivity index (χ3v) is 5.64. The highest BCUT2D eigenvalue weighted by atomic mass is 35.5. The Kier molecular flexibility index (Phi) is 5.25. The fourth-order valence-electron chi connectivity index (χ4n) is 3.82.